The number of hydrogen-bond acceptors (Lipinski definition) is 6. The minimum absolute atomic E-state index is 0.0533. The van der Waals surface area contributed by atoms with Gasteiger partial charge in [0.25, 0.3) is 0 Å². The molecule has 0 spiro atoms. The zero-order chi connectivity index (χ0) is 16.7. The molecule has 23 heavy (non-hydrogen) atoms. The minimum Gasteiger partial charge on any atom is -0.475 e. The number of methoxy groups -OCH3 is 1. The summed E-state index contributed by atoms with van der Waals surface area (Å²) < 4.78 is 15.7. The van der Waals surface area contributed by atoms with E-state index in [-0.39, 0.29) is 24.8 Å². The maximum atomic E-state index is 12.3. The molecule has 2 amide bonds. The lowest BCUT2D eigenvalue weighted by molar-refractivity contribution is -0.0611. The van der Waals surface area contributed by atoms with E-state index >= 15 is 0 Å². The van der Waals surface area contributed by atoms with Gasteiger partial charge in [-0.15, -0.1) is 0 Å². The largest absolute Gasteiger partial charge is 0.475 e. The second-order valence-electron chi connectivity index (χ2n) is 5.30. The number of nitrogens with one attached hydrogen (secondary N) is 1. The number of nitrogens with zero attached hydrogens (tertiary/aromatic N) is 2. The minimum atomic E-state index is -0.341. The van der Waals surface area contributed by atoms with E-state index < -0.39 is 0 Å². The first kappa shape index (κ1) is 17.5. The van der Waals surface area contributed by atoms with E-state index in [1.807, 2.05) is 6.92 Å². The molecule has 1 aliphatic heterocycles. The number of amides is 2. The van der Waals surface area contributed by atoms with E-state index in [0.29, 0.717) is 37.9 Å². The Morgan fingerprint density at radius 1 is 1.52 bits per heavy atom. The highest BCUT2D eigenvalue weighted by Crippen LogP contribution is 2.16. The predicted octanol–water partition coefficient (Wildman–Crippen LogP) is 0.720. The van der Waals surface area contributed by atoms with Gasteiger partial charge in [-0.05, 0) is 13.0 Å². The molecular weight excluding hydrogens is 302 g/mol. The maximum Gasteiger partial charge on any atom is 0.322 e. The van der Waals surface area contributed by atoms with Crippen LogP contribution in [-0.4, -0.2) is 73.2 Å². The zero-order valence-corrected chi connectivity index (χ0v) is 13.4. The smallest absolute Gasteiger partial charge is 0.322 e. The average molecular weight is 325 g/mol. The van der Waals surface area contributed by atoms with Gasteiger partial charge in [-0.2, -0.15) is 0 Å². The molecule has 0 radical (unpaired) electrons. The number of carbonyl (C=O) groups is 1. The number of anilines is 1. The fourth-order valence-electron chi connectivity index (χ4n) is 2.18. The van der Waals surface area contributed by atoms with E-state index in [1.54, 1.807) is 24.1 Å². The van der Waals surface area contributed by atoms with E-state index in [4.69, 9.17) is 19.3 Å². The van der Waals surface area contributed by atoms with Crippen LogP contribution in [0.2, 0.25) is 0 Å². The SMILES string of the molecule is COCCOc1ccc(NC(=O)N2C[C@@H](CO)OC[C@@H]2C)cn1. The molecule has 1 aromatic rings. The summed E-state index contributed by atoms with van der Waals surface area (Å²) in [7, 11) is 1.60. The van der Waals surface area contributed by atoms with Crippen molar-refractivity contribution in [2.75, 3.05) is 45.4 Å². The molecule has 1 aromatic heterocycles. The molecular formula is C15H23N3O5. The lowest BCUT2D eigenvalue weighted by atomic mass is 10.2. The molecule has 2 rings (SSSR count). The number of morpholine rings is 1. The number of rotatable bonds is 6. The highest BCUT2D eigenvalue weighted by molar-refractivity contribution is 5.89. The van der Waals surface area contributed by atoms with Crippen LogP contribution in [0, 0.1) is 0 Å². The van der Waals surface area contributed by atoms with Crippen LogP contribution in [0.5, 0.6) is 5.88 Å². The van der Waals surface area contributed by atoms with Crippen molar-refractivity contribution in [2.45, 2.75) is 19.1 Å². The normalized spacial score (nSPS) is 21.1. The standard InChI is InChI=1S/C15H23N3O5/c1-11-10-23-13(9-19)8-18(11)15(20)17-12-3-4-14(16-7-12)22-6-5-21-2/h3-4,7,11,13,19H,5-6,8-10H2,1-2H3,(H,17,20)/t11-,13-/m0/s1. The molecule has 1 aliphatic rings. The molecule has 8 heteroatoms. The zero-order valence-electron chi connectivity index (χ0n) is 13.4. The molecule has 0 unspecified atom stereocenters. The van der Waals surface area contributed by atoms with Crippen molar-refractivity contribution >= 4 is 11.7 Å². The van der Waals surface area contributed by atoms with Crippen LogP contribution < -0.4 is 10.1 Å². The molecule has 0 aliphatic carbocycles. The third-order valence-electron chi connectivity index (χ3n) is 3.50. The molecule has 2 heterocycles. The van der Waals surface area contributed by atoms with Gasteiger partial charge in [-0.25, -0.2) is 9.78 Å². The van der Waals surface area contributed by atoms with Crippen molar-refractivity contribution < 1.29 is 24.1 Å². The summed E-state index contributed by atoms with van der Waals surface area (Å²) in [5.74, 6) is 0.472. The molecule has 0 aromatic carbocycles. The van der Waals surface area contributed by atoms with Crippen molar-refractivity contribution in [1.29, 1.82) is 0 Å². The Bertz CT molecular complexity index is 496. The van der Waals surface area contributed by atoms with Crippen LogP contribution in [-0.2, 0) is 9.47 Å². The molecule has 2 atom stereocenters. The molecule has 1 fully saturated rings. The molecule has 2 N–H and O–H groups in total. The van der Waals surface area contributed by atoms with Gasteiger partial charge < -0.3 is 29.5 Å². The first-order valence-electron chi connectivity index (χ1n) is 7.52. The van der Waals surface area contributed by atoms with Gasteiger partial charge in [0.05, 0.1) is 50.4 Å². The Balaban J connectivity index is 1.89. The second kappa shape index (κ2) is 8.66. The summed E-state index contributed by atoms with van der Waals surface area (Å²) >= 11 is 0. The van der Waals surface area contributed by atoms with Crippen molar-refractivity contribution in [2.24, 2.45) is 0 Å². The molecule has 0 saturated carbocycles. The summed E-state index contributed by atoms with van der Waals surface area (Å²) in [4.78, 5) is 18.1. The Kier molecular flexibility index (Phi) is 6.57. The number of ether oxygens (including phenoxy) is 3. The second-order valence-corrected chi connectivity index (χ2v) is 5.30. The number of aliphatic hydroxyl groups is 1. The first-order chi connectivity index (χ1) is 11.1. The number of hydrogen-bond donors (Lipinski definition) is 2. The Morgan fingerprint density at radius 2 is 2.35 bits per heavy atom. The summed E-state index contributed by atoms with van der Waals surface area (Å²) in [5, 5.41) is 12.0. The third-order valence-corrected chi connectivity index (χ3v) is 3.50. The number of aromatic nitrogens is 1. The summed E-state index contributed by atoms with van der Waals surface area (Å²) in [6.07, 6.45) is 1.20. The summed E-state index contributed by atoms with van der Waals surface area (Å²) in [6, 6.07) is 3.11. The van der Waals surface area contributed by atoms with E-state index in [1.165, 1.54) is 6.20 Å². The van der Waals surface area contributed by atoms with Gasteiger partial charge in [0.1, 0.15) is 6.61 Å². The van der Waals surface area contributed by atoms with Crippen molar-refractivity contribution in [3.8, 4) is 5.88 Å². The van der Waals surface area contributed by atoms with Crippen LogP contribution in [0.15, 0.2) is 18.3 Å². The third kappa shape index (κ3) is 5.05. The van der Waals surface area contributed by atoms with E-state index in [2.05, 4.69) is 10.3 Å². The van der Waals surface area contributed by atoms with Crippen molar-refractivity contribution in [1.82, 2.24) is 9.88 Å². The van der Waals surface area contributed by atoms with Gasteiger partial charge in [0.2, 0.25) is 5.88 Å². The monoisotopic (exact) mass is 325 g/mol. The highest BCUT2D eigenvalue weighted by atomic mass is 16.5. The average Bonchev–Trinajstić information content (AvgIpc) is 2.57. The van der Waals surface area contributed by atoms with Gasteiger partial charge in [0.15, 0.2) is 0 Å². The number of pyridine rings is 1. The lowest BCUT2D eigenvalue weighted by Gasteiger charge is -2.37. The van der Waals surface area contributed by atoms with Gasteiger partial charge in [0, 0.05) is 13.2 Å². The van der Waals surface area contributed by atoms with Crippen LogP contribution in [0.4, 0.5) is 10.5 Å². The first-order valence-corrected chi connectivity index (χ1v) is 7.52. The van der Waals surface area contributed by atoms with Crippen LogP contribution in [0.25, 0.3) is 0 Å². The number of aliphatic hydroxyl groups excluding tert-OH is 1. The topological polar surface area (TPSA) is 93.2 Å². The molecule has 0 bridgehead atoms. The van der Waals surface area contributed by atoms with Crippen molar-refractivity contribution in [3.05, 3.63) is 18.3 Å². The fourth-order valence-corrected chi connectivity index (χ4v) is 2.18. The molecule has 8 nitrogen and oxygen atoms in total. The Hall–Kier alpha value is -1.90. The number of carbonyl (C=O) groups excluding carboxylic acids is 1. The van der Waals surface area contributed by atoms with Crippen LogP contribution in [0.1, 0.15) is 6.92 Å². The van der Waals surface area contributed by atoms with Gasteiger partial charge in [-0.1, -0.05) is 0 Å². The molecule has 128 valence electrons. The Morgan fingerprint density at radius 3 is 3.00 bits per heavy atom. The quantitative estimate of drug-likeness (QED) is 0.749. The predicted molar refractivity (Wildman–Crippen MR) is 83.6 cm³/mol. The fraction of sp³-hybridized carbons (Fsp3) is 0.600. The highest BCUT2D eigenvalue weighted by Gasteiger charge is 2.29. The van der Waals surface area contributed by atoms with E-state index in [0.717, 1.165) is 0 Å². The van der Waals surface area contributed by atoms with Crippen molar-refractivity contribution in [3.63, 3.8) is 0 Å². The molecule has 1 saturated heterocycles. The van der Waals surface area contributed by atoms with Crippen LogP contribution >= 0.6 is 0 Å². The lowest BCUT2D eigenvalue weighted by Crippen LogP contribution is -2.53. The Labute approximate surface area is 135 Å². The van der Waals surface area contributed by atoms with E-state index in [9.17, 15) is 4.79 Å². The van der Waals surface area contributed by atoms with Gasteiger partial charge >= 0.3 is 6.03 Å². The number of urea groups is 1. The summed E-state index contributed by atoms with van der Waals surface area (Å²) in [5.41, 5.74) is 0.577. The maximum absolute atomic E-state index is 12.3. The van der Waals surface area contributed by atoms with Crippen LogP contribution in [0.3, 0.4) is 0 Å². The summed E-state index contributed by atoms with van der Waals surface area (Å²) in [6.45, 7) is 3.46. The van der Waals surface area contributed by atoms with Gasteiger partial charge in [-0.3, -0.25) is 0 Å².